The number of carboxylic acid groups (broad SMARTS) is 1. The molecule has 1 aromatic rings. The van der Waals surface area contributed by atoms with Crippen LogP contribution in [-0.4, -0.2) is 58.0 Å². The number of aldehydes is 1. The van der Waals surface area contributed by atoms with Crippen molar-refractivity contribution in [2.45, 2.75) is 49.6 Å². The minimum absolute atomic E-state index is 0.0959. The van der Waals surface area contributed by atoms with Gasteiger partial charge in [-0.25, -0.2) is 4.79 Å². The lowest BCUT2D eigenvalue weighted by molar-refractivity contribution is -0.139. The summed E-state index contributed by atoms with van der Waals surface area (Å²) in [6.45, 7) is 5.30. The van der Waals surface area contributed by atoms with Crippen LogP contribution >= 0.6 is 12.6 Å². The smallest absolute Gasteiger partial charge is 0.412 e. The molecule has 3 atom stereocenters. The first-order valence-electron chi connectivity index (χ1n) is 8.24. The lowest BCUT2D eigenvalue weighted by Crippen LogP contribution is -2.60. The maximum absolute atomic E-state index is 12.5. The van der Waals surface area contributed by atoms with Crippen LogP contribution in [0.3, 0.4) is 0 Å². The minimum Gasteiger partial charge on any atom is -0.481 e. The van der Waals surface area contributed by atoms with Gasteiger partial charge in [0.1, 0.15) is 17.3 Å². The molecule has 1 amide bonds. The number of hydrogen-bond donors (Lipinski definition) is 3. The van der Waals surface area contributed by atoms with Gasteiger partial charge in [-0.15, -0.1) is 0 Å². The number of nitrogens with one attached hydrogen (secondary N) is 1. The van der Waals surface area contributed by atoms with Crippen LogP contribution in [-0.2, 0) is 14.3 Å². The van der Waals surface area contributed by atoms with Gasteiger partial charge in [-0.3, -0.25) is 19.8 Å². The van der Waals surface area contributed by atoms with Crippen molar-refractivity contribution in [2.24, 2.45) is 0 Å². The van der Waals surface area contributed by atoms with Crippen LogP contribution in [0.5, 0.6) is 0 Å². The normalized spacial score (nSPS) is 24.3. The Kier molecular flexibility index (Phi) is 6.02. The third-order valence-corrected chi connectivity index (χ3v) is 4.37. The largest absolute Gasteiger partial charge is 0.481 e. The van der Waals surface area contributed by atoms with Gasteiger partial charge in [-0.1, -0.05) is 0 Å². The number of rotatable bonds is 6. The van der Waals surface area contributed by atoms with Crippen molar-refractivity contribution < 1.29 is 28.6 Å². The van der Waals surface area contributed by atoms with Gasteiger partial charge in [0.25, 0.3) is 0 Å². The van der Waals surface area contributed by atoms with E-state index < -0.39 is 29.2 Å². The Labute approximate surface area is 157 Å². The van der Waals surface area contributed by atoms with E-state index in [1.54, 1.807) is 32.9 Å². The van der Waals surface area contributed by atoms with Crippen molar-refractivity contribution in [1.82, 2.24) is 10.2 Å². The SMILES string of the molecule is CC(C)(C)OC(=O)N1C[C@@H](S)C[C@]1(C=O)NCC(C(=O)O)c1ccco1. The van der Waals surface area contributed by atoms with Gasteiger partial charge in [0, 0.05) is 24.8 Å². The summed E-state index contributed by atoms with van der Waals surface area (Å²) in [5, 5.41) is 12.1. The number of carbonyl (C=O) groups is 3. The molecule has 0 radical (unpaired) electrons. The van der Waals surface area contributed by atoms with Crippen molar-refractivity contribution in [1.29, 1.82) is 0 Å². The molecule has 0 aliphatic carbocycles. The Balaban J connectivity index is 2.20. The second kappa shape index (κ2) is 7.71. The van der Waals surface area contributed by atoms with Gasteiger partial charge in [0.05, 0.1) is 6.26 Å². The molecule has 2 rings (SSSR count). The maximum atomic E-state index is 12.5. The molecule has 0 aromatic carbocycles. The Morgan fingerprint density at radius 1 is 1.58 bits per heavy atom. The first kappa shape index (κ1) is 20.3. The van der Waals surface area contributed by atoms with E-state index in [2.05, 4.69) is 17.9 Å². The number of nitrogens with zero attached hydrogens (tertiary/aromatic N) is 1. The Morgan fingerprint density at radius 3 is 2.77 bits per heavy atom. The predicted octanol–water partition coefficient (Wildman–Crippen LogP) is 1.87. The molecule has 1 aromatic heterocycles. The maximum Gasteiger partial charge on any atom is 0.412 e. The minimum atomic E-state index is -1.38. The molecule has 0 bridgehead atoms. The molecule has 8 nitrogen and oxygen atoms in total. The summed E-state index contributed by atoms with van der Waals surface area (Å²) in [5.41, 5.74) is -2.10. The molecule has 26 heavy (non-hydrogen) atoms. The van der Waals surface area contributed by atoms with Crippen LogP contribution in [0.1, 0.15) is 38.9 Å². The van der Waals surface area contributed by atoms with E-state index in [1.165, 1.54) is 11.2 Å². The van der Waals surface area contributed by atoms with Crippen LogP contribution in [0.4, 0.5) is 4.79 Å². The number of amides is 1. The third-order valence-electron chi connectivity index (χ3n) is 4.03. The molecule has 0 saturated carbocycles. The highest BCUT2D eigenvalue weighted by Crippen LogP contribution is 2.31. The van der Waals surface area contributed by atoms with E-state index in [1.807, 2.05) is 0 Å². The molecular formula is C17H24N2O6S. The van der Waals surface area contributed by atoms with E-state index in [9.17, 15) is 19.5 Å². The number of aliphatic carboxylic acids is 1. The zero-order valence-corrected chi connectivity index (χ0v) is 15.9. The Morgan fingerprint density at radius 2 is 2.27 bits per heavy atom. The van der Waals surface area contributed by atoms with Crippen LogP contribution in [0.2, 0.25) is 0 Å². The van der Waals surface area contributed by atoms with Crippen molar-refractivity contribution in [3.05, 3.63) is 24.2 Å². The molecule has 9 heteroatoms. The van der Waals surface area contributed by atoms with Crippen LogP contribution in [0, 0.1) is 0 Å². The van der Waals surface area contributed by atoms with E-state index in [-0.39, 0.29) is 30.5 Å². The van der Waals surface area contributed by atoms with E-state index in [0.29, 0.717) is 6.29 Å². The number of carboxylic acids is 1. The van der Waals surface area contributed by atoms with E-state index in [4.69, 9.17) is 9.15 Å². The molecule has 1 unspecified atom stereocenters. The van der Waals surface area contributed by atoms with Crippen molar-refractivity contribution in [2.75, 3.05) is 13.1 Å². The molecule has 1 saturated heterocycles. The van der Waals surface area contributed by atoms with Gasteiger partial charge < -0.3 is 14.3 Å². The topological polar surface area (TPSA) is 109 Å². The van der Waals surface area contributed by atoms with Gasteiger partial charge in [0.2, 0.25) is 0 Å². The summed E-state index contributed by atoms with van der Waals surface area (Å²) in [6, 6.07) is 3.14. The fourth-order valence-electron chi connectivity index (χ4n) is 2.86. The summed E-state index contributed by atoms with van der Waals surface area (Å²) < 4.78 is 10.5. The average molecular weight is 384 g/mol. The number of carbonyl (C=O) groups excluding carboxylic acids is 2. The number of likely N-dealkylation sites (tertiary alicyclic amines) is 1. The second-order valence-corrected chi connectivity index (χ2v) is 8.01. The summed E-state index contributed by atoms with van der Waals surface area (Å²) in [7, 11) is 0. The van der Waals surface area contributed by atoms with Gasteiger partial charge in [-0.05, 0) is 32.9 Å². The lowest BCUT2D eigenvalue weighted by Gasteiger charge is -2.36. The first-order valence-corrected chi connectivity index (χ1v) is 8.76. The molecule has 2 heterocycles. The number of hydrogen-bond acceptors (Lipinski definition) is 7. The molecule has 1 fully saturated rings. The Bertz CT molecular complexity index is 657. The van der Waals surface area contributed by atoms with E-state index in [0.717, 1.165) is 0 Å². The fraction of sp³-hybridized carbons (Fsp3) is 0.588. The summed E-state index contributed by atoms with van der Waals surface area (Å²) >= 11 is 4.39. The van der Waals surface area contributed by atoms with Crippen LogP contribution in [0.15, 0.2) is 22.8 Å². The molecular weight excluding hydrogens is 360 g/mol. The van der Waals surface area contributed by atoms with Gasteiger partial charge in [-0.2, -0.15) is 12.6 Å². The zero-order chi connectivity index (χ0) is 19.5. The monoisotopic (exact) mass is 384 g/mol. The molecule has 1 aliphatic heterocycles. The van der Waals surface area contributed by atoms with E-state index >= 15 is 0 Å². The standard InChI is InChI=1S/C17H24N2O6S/c1-16(2,3)25-15(23)19-9-11(26)7-17(19,10-20)18-8-12(14(21)22)13-5-4-6-24-13/h4-6,10-12,18,26H,7-9H2,1-3H3,(H,21,22)/t11-,12?,17-/m0/s1. The predicted molar refractivity (Wildman–Crippen MR) is 96.2 cm³/mol. The second-order valence-electron chi connectivity index (χ2n) is 7.28. The molecule has 2 N–H and O–H groups in total. The van der Waals surface area contributed by atoms with Crippen molar-refractivity contribution in [3.63, 3.8) is 0 Å². The summed E-state index contributed by atoms with van der Waals surface area (Å²) in [5.74, 6) is -1.84. The number of furan rings is 1. The Hall–Kier alpha value is -2.00. The molecule has 0 spiro atoms. The average Bonchev–Trinajstić information content (AvgIpc) is 3.14. The highest BCUT2D eigenvalue weighted by molar-refractivity contribution is 7.81. The van der Waals surface area contributed by atoms with Crippen LogP contribution < -0.4 is 5.32 Å². The highest BCUT2D eigenvalue weighted by atomic mass is 32.1. The number of thiol groups is 1. The summed E-state index contributed by atoms with van der Waals surface area (Å²) in [4.78, 5) is 37.3. The third kappa shape index (κ3) is 4.59. The lowest BCUT2D eigenvalue weighted by atomic mass is 10.0. The molecule has 1 aliphatic rings. The zero-order valence-electron chi connectivity index (χ0n) is 15.0. The quantitative estimate of drug-likeness (QED) is 0.507. The highest BCUT2D eigenvalue weighted by Gasteiger charge is 2.49. The summed E-state index contributed by atoms with van der Waals surface area (Å²) in [6.07, 6.45) is 1.57. The van der Waals surface area contributed by atoms with Crippen LogP contribution in [0.25, 0.3) is 0 Å². The van der Waals surface area contributed by atoms with Crippen molar-refractivity contribution >= 4 is 31.0 Å². The molecule has 144 valence electrons. The van der Waals surface area contributed by atoms with Gasteiger partial charge >= 0.3 is 12.1 Å². The first-order chi connectivity index (χ1) is 12.1. The fourth-order valence-corrected chi connectivity index (χ4v) is 3.30. The van der Waals surface area contributed by atoms with Gasteiger partial charge in [0.15, 0.2) is 11.9 Å². The number of ether oxygens (including phenoxy) is 1. The van der Waals surface area contributed by atoms with Crippen molar-refractivity contribution in [3.8, 4) is 0 Å².